The molecule has 0 spiro atoms. The SMILES string of the molecule is C=CC(=C)Nc1ccc(S(=O)(=O)N2CCN(C(=O)c3ccccc3)CC2)cc1. The van der Waals surface area contributed by atoms with Crippen LogP contribution in [0.1, 0.15) is 10.4 Å². The van der Waals surface area contributed by atoms with Gasteiger partial charge >= 0.3 is 0 Å². The molecule has 6 nitrogen and oxygen atoms in total. The number of carbonyl (C=O) groups excluding carboxylic acids is 1. The van der Waals surface area contributed by atoms with E-state index in [1.54, 1.807) is 47.4 Å². The van der Waals surface area contributed by atoms with Crippen molar-refractivity contribution in [2.24, 2.45) is 0 Å². The van der Waals surface area contributed by atoms with Gasteiger partial charge in [-0.15, -0.1) is 0 Å². The van der Waals surface area contributed by atoms with Crippen LogP contribution < -0.4 is 5.32 Å². The van der Waals surface area contributed by atoms with E-state index in [0.717, 1.165) is 5.69 Å². The van der Waals surface area contributed by atoms with Crippen LogP contribution in [0.4, 0.5) is 5.69 Å². The molecule has 0 aliphatic carbocycles. The third-order valence-corrected chi connectivity index (χ3v) is 6.50. The molecule has 2 aromatic carbocycles. The topological polar surface area (TPSA) is 69.7 Å². The lowest BCUT2D eigenvalue weighted by atomic mass is 10.2. The summed E-state index contributed by atoms with van der Waals surface area (Å²) in [6, 6.07) is 15.5. The lowest BCUT2D eigenvalue weighted by Crippen LogP contribution is -2.50. The van der Waals surface area contributed by atoms with Gasteiger partial charge in [-0.05, 0) is 42.5 Å². The summed E-state index contributed by atoms with van der Waals surface area (Å²) in [6.07, 6.45) is 1.58. The number of hydrogen-bond acceptors (Lipinski definition) is 4. The zero-order chi connectivity index (χ0) is 20.1. The molecule has 1 aliphatic heterocycles. The summed E-state index contributed by atoms with van der Waals surface area (Å²) in [5.41, 5.74) is 1.99. The van der Waals surface area contributed by atoms with Gasteiger partial charge in [-0.1, -0.05) is 31.4 Å². The molecule has 1 aliphatic rings. The van der Waals surface area contributed by atoms with Gasteiger partial charge in [0.2, 0.25) is 10.0 Å². The van der Waals surface area contributed by atoms with Gasteiger partial charge in [0.25, 0.3) is 5.91 Å². The zero-order valence-corrected chi connectivity index (χ0v) is 16.4. The number of allylic oxidation sites excluding steroid dienone is 1. The molecule has 1 amide bonds. The average Bonchev–Trinajstić information content (AvgIpc) is 2.74. The maximum absolute atomic E-state index is 12.9. The smallest absolute Gasteiger partial charge is 0.253 e. The number of rotatable bonds is 6. The van der Waals surface area contributed by atoms with Crippen LogP contribution in [0.5, 0.6) is 0 Å². The Kier molecular flexibility index (Phi) is 5.96. The van der Waals surface area contributed by atoms with Crippen LogP contribution in [0.2, 0.25) is 0 Å². The van der Waals surface area contributed by atoms with Crippen LogP contribution >= 0.6 is 0 Å². The van der Waals surface area contributed by atoms with Crippen LogP contribution in [0.25, 0.3) is 0 Å². The summed E-state index contributed by atoms with van der Waals surface area (Å²) >= 11 is 0. The molecule has 2 aromatic rings. The maximum Gasteiger partial charge on any atom is 0.253 e. The number of carbonyl (C=O) groups is 1. The number of benzene rings is 2. The minimum atomic E-state index is -3.60. The third kappa shape index (κ3) is 4.32. The highest BCUT2D eigenvalue weighted by Crippen LogP contribution is 2.21. The van der Waals surface area contributed by atoms with Crippen LogP contribution in [-0.4, -0.2) is 49.7 Å². The summed E-state index contributed by atoms with van der Waals surface area (Å²) in [4.78, 5) is 14.4. The number of anilines is 1. The molecule has 0 radical (unpaired) electrons. The van der Waals surface area contributed by atoms with Crippen molar-refractivity contribution in [2.45, 2.75) is 4.90 Å². The molecule has 7 heteroatoms. The largest absolute Gasteiger partial charge is 0.356 e. The normalized spacial score (nSPS) is 15.1. The van der Waals surface area contributed by atoms with E-state index in [1.165, 1.54) is 4.31 Å². The van der Waals surface area contributed by atoms with Crippen molar-refractivity contribution in [1.82, 2.24) is 9.21 Å². The Hall–Kier alpha value is -2.90. The summed E-state index contributed by atoms with van der Waals surface area (Å²) in [7, 11) is -3.60. The number of hydrogen-bond donors (Lipinski definition) is 1. The van der Waals surface area contributed by atoms with Crippen molar-refractivity contribution >= 4 is 21.6 Å². The molecule has 1 fully saturated rings. The molecular formula is C21H23N3O3S. The summed E-state index contributed by atoms with van der Waals surface area (Å²) in [5, 5.41) is 3.02. The first kappa shape index (κ1) is 19.9. The summed E-state index contributed by atoms with van der Waals surface area (Å²) in [5.74, 6) is -0.0736. The van der Waals surface area contributed by atoms with Gasteiger partial charge in [-0.25, -0.2) is 8.42 Å². The Morgan fingerprint density at radius 3 is 2.14 bits per heavy atom. The van der Waals surface area contributed by atoms with Gasteiger partial charge in [0, 0.05) is 43.1 Å². The molecule has 146 valence electrons. The number of amides is 1. The maximum atomic E-state index is 12.9. The molecule has 0 saturated carbocycles. The quantitative estimate of drug-likeness (QED) is 0.761. The minimum absolute atomic E-state index is 0.0736. The standard InChI is InChI=1S/C21H23N3O3S/c1-3-17(2)22-19-9-11-20(12-10-19)28(26,27)24-15-13-23(14-16-24)21(25)18-7-5-4-6-8-18/h3-12,22H,1-2,13-16H2. The van der Waals surface area contributed by atoms with Crippen LogP contribution in [0.15, 0.2) is 84.4 Å². The van der Waals surface area contributed by atoms with E-state index in [4.69, 9.17) is 0 Å². The minimum Gasteiger partial charge on any atom is -0.356 e. The predicted molar refractivity (Wildman–Crippen MR) is 111 cm³/mol. The lowest BCUT2D eigenvalue weighted by molar-refractivity contribution is 0.0698. The lowest BCUT2D eigenvalue weighted by Gasteiger charge is -2.34. The predicted octanol–water partition coefficient (Wildman–Crippen LogP) is 2.94. The monoisotopic (exact) mass is 397 g/mol. The molecule has 0 bridgehead atoms. The second kappa shape index (κ2) is 8.41. The van der Waals surface area contributed by atoms with Crippen molar-refractivity contribution in [3.8, 4) is 0 Å². The molecule has 1 saturated heterocycles. The van der Waals surface area contributed by atoms with Crippen LogP contribution in [0, 0.1) is 0 Å². The molecule has 1 N–H and O–H groups in total. The first-order valence-electron chi connectivity index (χ1n) is 8.95. The molecular weight excluding hydrogens is 374 g/mol. The fourth-order valence-electron chi connectivity index (χ4n) is 2.99. The highest BCUT2D eigenvalue weighted by molar-refractivity contribution is 7.89. The van der Waals surface area contributed by atoms with E-state index in [9.17, 15) is 13.2 Å². The second-order valence-corrected chi connectivity index (χ2v) is 8.38. The number of nitrogens with zero attached hydrogens (tertiary/aromatic N) is 2. The molecule has 3 rings (SSSR count). The molecule has 1 heterocycles. The van der Waals surface area contributed by atoms with E-state index in [1.807, 2.05) is 18.2 Å². The van der Waals surface area contributed by atoms with Gasteiger partial charge < -0.3 is 10.2 Å². The van der Waals surface area contributed by atoms with Crippen molar-refractivity contribution in [1.29, 1.82) is 0 Å². The zero-order valence-electron chi connectivity index (χ0n) is 15.5. The first-order chi connectivity index (χ1) is 13.4. The third-order valence-electron chi connectivity index (χ3n) is 4.59. The molecule has 0 aromatic heterocycles. The first-order valence-corrected chi connectivity index (χ1v) is 10.4. The Morgan fingerprint density at radius 2 is 1.57 bits per heavy atom. The number of nitrogens with one attached hydrogen (secondary N) is 1. The summed E-state index contributed by atoms with van der Waals surface area (Å²) < 4.78 is 27.2. The van der Waals surface area contributed by atoms with Crippen molar-refractivity contribution in [3.63, 3.8) is 0 Å². The Morgan fingerprint density at radius 1 is 0.964 bits per heavy atom. The highest BCUT2D eigenvalue weighted by atomic mass is 32.2. The second-order valence-electron chi connectivity index (χ2n) is 6.44. The van der Waals surface area contributed by atoms with Gasteiger partial charge in [-0.2, -0.15) is 4.31 Å². The molecule has 28 heavy (non-hydrogen) atoms. The van der Waals surface area contributed by atoms with E-state index in [2.05, 4.69) is 18.5 Å². The average molecular weight is 398 g/mol. The Labute approximate surface area is 165 Å². The number of piperazine rings is 1. The Bertz CT molecular complexity index is 962. The highest BCUT2D eigenvalue weighted by Gasteiger charge is 2.30. The van der Waals surface area contributed by atoms with Crippen LogP contribution in [0.3, 0.4) is 0 Å². The summed E-state index contributed by atoms with van der Waals surface area (Å²) in [6.45, 7) is 8.67. The fraction of sp³-hybridized carbons (Fsp3) is 0.190. The van der Waals surface area contributed by atoms with Crippen molar-refractivity contribution in [2.75, 3.05) is 31.5 Å². The van der Waals surface area contributed by atoms with Gasteiger partial charge in [0.1, 0.15) is 0 Å². The van der Waals surface area contributed by atoms with E-state index in [0.29, 0.717) is 24.4 Å². The van der Waals surface area contributed by atoms with Gasteiger partial charge in [0.15, 0.2) is 0 Å². The van der Waals surface area contributed by atoms with Gasteiger partial charge in [0.05, 0.1) is 4.90 Å². The van der Waals surface area contributed by atoms with E-state index in [-0.39, 0.29) is 23.9 Å². The Balaban J connectivity index is 1.65. The molecule has 0 unspecified atom stereocenters. The van der Waals surface area contributed by atoms with Crippen molar-refractivity contribution < 1.29 is 13.2 Å². The molecule has 0 atom stereocenters. The van der Waals surface area contributed by atoms with Gasteiger partial charge in [-0.3, -0.25) is 4.79 Å². The fourth-order valence-corrected chi connectivity index (χ4v) is 4.41. The van der Waals surface area contributed by atoms with Crippen molar-refractivity contribution in [3.05, 3.63) is 85.1 Å². The van der Waals surface area contributed by atoms with Crippen LogP contribution in [-0.2, 0) is 10.0 Å². The van der Waals surface area contributed by atoms with E-state index >= 15 is 0 Å². The number of sulfonamides is 1. The van der Waals surface area contributed by atoms with E-state index < -0.39 is 10.0 Å².